The number of ether oxygens (including phenoxy) is 1. The Morgan fingerprint density at radius 1 is 1.14 bits per heavy atom. The van der Waals surface area contributed by atoms with Crippen molar-refractivity contribution in [2.24, 2.45) is 0 Å². The highest BCUT2D eigenvalue weighted by atomic mass is 16.6. The molecule has 0 aromatic heterocycles. The van der Waals surface area contributed by atoms with Crippen molar-refractivity contribution in [3.05, 3.63) is 60.7 Å². The fraction of sp³-hybridized carbons (Fsp3) is 0.182. The summed E-state index contributed by atoms with van der Waals surface area (Å²) in [4.78, 5) is 40.5. The number of nitro benzene ring substituents is 3. The summed E-state index contributed by atoms with van der Waals surface area (Å²) in [5, 5.41) is 32.9. The molecule has 1 atom stereocenters. The van der Waals surface area contributed by atoms with E-state index in [0.717, 1.165) is 18.2 Å². The Hall–Kier alpha value is -3.37. The summed E-state index contributed by atoms with van der Waals surface area (Å²) < 4.78 is 4.76. The molecule has 0 radical (unpaired) electrons. The lowest BCUT2D eigenvalue weighted by Crippen LogP contribution is -2.10. The fourth-order valence-corrected chi connectivity index (χ4v) is 1.72. The van der Waals surface area contributed by atoms with Crippen molar-refractivity contribution in [2.45, 2.75) is 13.0 Å². The first-order valence-corrected chi connectivity index (χ1v) is 5.63. The predicted octanol–water partition coefficient (Wildman–Crippen LogP) is 2.20. The van der Waals surface area contributed by atoms with Gasteiger partial charge in [-0.25, -0.2) is 4.79 Å². The Bertz CT molecular complexity index is 684. The number of hydrogen-bond donors (Lipinski definition) is 0. The zero-order valence-corrected chi connectivity index (χ0v) is 11.1. The lowest BCUT2D eigenvalue weighted by molar-refractivity contribution is -0.441. The van der Waals surface area contributed by atoms with Gasteiger partial charge in [-0.05, 0) is 13.0 Å². The molecule has 0 fully saturated rings. The number of benzene rings is 1. The lowest BCUT2D eigenvalue weighted by atomic mass is 10.1. The molecule has 0 aliphatic carbocycles. The topological polar surface area (TPSA) is 156 Å². The van der Waals surface area contributed by atoms with Gasteiger partial charge in [0.25, 0.3) is 0 Å². The van der Waals surface area contributed by atoms with Gasteiger partial charge in [-0.2, -0.15) is 0 Å². The standard InChI is InChI=1S/C11H9N3O8/c1-3-9(15)22-6(2)7-4-5-8(12(16)17)11(14(20)21)10(7)13(18)19/h3-6H,1H2,2H3. The lowest BCUT2D eigenvalue weighted by Gasteiger charge is -2.12. The monoisotopic (exact) mass is 311 g/mol. The van der Waals surface area contributed by atoms with Crippen LogP contribution in [0.5, 0.6) is 0 Å². The van der Waals surface area contributed by atoms with Gasteiger partial charge in [0.2, 0.25) is 0 Å². The minimum absolute atomic E-state index is 0.336. The van der Waals surface area contributed by atoms with Gasteiger partial charge in [0.05, 0.1) is 20.3 Å². The van der Waals surface area contributed by atoms with Crippen LogP contribution in [-0.4, -0.2) is 20.7 Å². The third-order valence-electron chi connectivity index (χ3n) is 2.62. The molecule has 0 spiro atoms. The summed E-state index contributed by atoms with van der Waals surface area (Å²) >= 11 is 0. The zero-order valence-electron chi connectivity index (χ0n) is 11.1. The van der Waals surface area contributed by atoms with Crippen LogP contribution in [0, 0.1) is 30.3 Å². The molecule has 116 valence electrons. The van der Waals surface area contributed by atoms with Crippen LogP contribution in [0.15, 0.2) is 24.8 Å². The Kier molecular flexibility index (Phi) is 4.84. The van der Waals surface area contributed by atoms with E-state index >= 15 is 0 Å². The molecular formula is C11H9N3O8. The first-order chi connectivity index (χ1) is 10.2. The van der Waals surface area contributed by atoms with Crippen molar-refractivity contribution in [2.75, 3.05) is 0 Å². The summed E-state index contributed by atoms with van der Waals surface area (Å²) in [6.07, 6.45) is -0.423. The smallest absolute Gasteiger partial charge is 0.422 e. The molecule has 0 amide bonds. The summed E-state index contributed by atoms with van der Waals surface area (Å²) in [5.41, 5.74) is -3.72. The molecular weight excluding hydrogens is 302 g/mol. The largest absolute Gasteiger partial charge is 0.454 e. The van der Waals surface area contributed by atoms with E-state index in [9.17, 15) is 35.1 Å². The number of carbonyl (C=O) groups is 1. The molecule has 0 aliphatic rings. The van der Waals surface area contributed by atoms with Crippen molar-refractivity contribution in [1.82, 2.24) is 0 Å². The second-order valence-corrected chi connectivity index (χ2v) is 3.93. The van der Waals surface area contributed by atoms with Gasteiger partial charge in [-0.3, -0.25) is 30.3 Å². The maximum Gasteiger partial charge on any atom is 0.422 e. The normalized spacial score (nSPS) is 11.3. The van der Waals surface area contributed by atoms with E-state index in [1.807, 2.05) is 0 Å². The molecule has 0 N–H and O–H groups in total. The highest BCUT2D eigenvalue weighted by molar-refractivity contribution is 5.81. The van der Waals surface area contributed by atoms with E-state index in [2.05, 4.69) is 6.58 Å². The van der Waals surface area contributed by atoms with Gasteiger partial charge >= 0.3 is 23.0 Å². The van der Waals surface area contributed by atoms with Crippen LogP contribution in [0.2, 0.25) is 0 Å². The number of carbonyl (C=O) groups excluding carboxylic acids is 1. The first-order valence-electron chi connectivity index (χ1n) is 5.63. The van der Waals surface area contributed by atoms with E-state index < -0.39 is 43.9 Å². The SMILES string of the molecule is C=CC(=O)OC(C)c1ccc([N+](=O)[O-])c([N+](=O)[O-])c1[N+](=O)[O-]. The molecule has 1 aromatic carbocycles. The Labute approximate surface area is 122 Å². The van der Waals surface area contributed by atoms with E-state index in [-0.39, 0.29) is 5.56 Å². The van der Waals surface area contributed by atoms with E-state index in [4.69, 9.17) is 4.74 Å². The van der Waals surface area contributed by atoms with Gasteiger partial charge < -0.3 is 4.74 Å². The predicted molar refractivity (Wildman–Crippen MR) is 71.1 cm³/mol. The van der Waals surface area contributed by atoms with Crippen LogP contribution in [0.1, 0.15) is 18.6 Å². The Balaban J connectivity index is 3.60. The van der Waals surface area contributed by atoms with E-state index in [0.29, 0.717) is 0 Å². The second kappa shape index (κ2) is 6.39. The Morgan fingerprint density at radius 3 is 2.09 bits per heavy atom. The van der Waals surface area contributed by atoms with Crippen LogP contribution < -0.4 is 0 Å². The molecule has 0 bridgehead atoms. The summed E-state index contributed by atoms with van der Waals surface area (Å²) in [6.45, 7) is 4.38. The number of hydrogen-bond acceptors (Lipinski definition) is 8. The average molecular weight is 311 g/mol. The van der Waals surface area contributed by atoms with Gasteiger partial charge in [0, 0.05) is 12.1 Å². The molecule has 0 aliphatic heterocycles. The van der Waals surface area contributed by atoms with Crippen molar-refractivity contribution < 1.29 is 24.3 Å². The molecule has 0 saturated heterocycles. The van der Waals surface area contributed by atoms with E-state index in [1.54, 1.807) is 0 Å². The highest BCUT2D eigenvalue weighted by Crippen LogP contribution is 2.41. The molecule has 0 saturated carbocycles. The van der Waals surface area contributed by atoms with Crippen molar-refractivity contribution in [1.29, 1.82) is 0 Å². The van der Waals surface area contributed by atoms with Crippen LogP contribution in [0.3, 0.4) is 0 Å². The molecule has 1 rings (SSSR count). The fourth-order valence-electron chi connectivity index (χ4n) is 1.72. The molecule has 1 unspecified atom stereocenters. The molecule has 11 heteroatoms. The molecule has 11 nitrogen and oxygen atoms in total. The molecule has 1 aromatic rings. The summed E-state index contributed by atoms with van der Waals surface area (Å²) in [7, 11) is 0. The maximum absolute atomic E-state index is 11.1. The second-order valence-electron chi connectivity index (χ2n) is 3.93. The number of rotatable bonds is 6. The van der Waals surface area contributed by atoms with Gasteiger partial charge in [0.15, 0.2) is 0 Å². The van der Waals surface area contributed by atoms with Crippen LogP contribution >= 0.6 is 0 Å². The zero-order chi connectivity index (χ0) is 17.0. The maximum atomic E-state index is 11.1. The Morgan fingerprint density at radius 2 is 1.68 bits per heavy atom. The molecule has 22 heavy (non-hydrogen) atoms. The number of nitro groups is 3. The quantitative estimate of drug-likeness (QED) is 0.335. The highest BCUT2D eigenvalue weighted by Gasteiger charge is 2.40. The number of nitrogens with zero attached hydrogens (tertiary/aromatic N) is 3. The minimum atomic E-state index is -1.27. The van der Waals surface area contributed by atoms with Crippen LogP contribution in [0.25, 0.3) is 0 Å². The van der Waals surface area contributed by atoms with Gasteiger partial charge in [-0.15, -0.1) is 0 Å². The van der Waals surface area contributed by atoms with Crippen molar-refractivity contribution >= 4 is 23.0 Å². The van der Waals surface area contributed by atoms with Gasteiger partial charge in [0.1, 0.15) is 6.10 Å². The average Bonchev–Trinajstić information content (AvgIpc) is 2.44. The van der Waals surface area contributed by atoms with Crippen LogP contribution in [0.4, 0.5) is 17.1 Å². The minimum Gasteiger partial charge on any atom is -0.454 e. The van der Waals surface area contributed by atoms with Gasteiger partial charge in [-0.1, -0.05) is 6.58 Å². The van der Waals surface area contributed by atoms with E-state index in [1.165, 1.54) is 6.92 Å². The van der Waals surface area contributed by atoms with Crippen LogP contribution in [-0.2, 0) is 9.53 Å². The van der Waals surface area contributed by atoms with Crippen molar-refractivity contribution in [3.8, 4) is 0 Å². The summed E-state index contributed by atoms with van der Waals surface area (Å²) in [5.74, 6) is -0.900. The third-order valence-corrected chi connectivity index (χ3v) is 2.62. The number of esters is 1. The van der Waals surface area contributed by atoms with Crippen molar-refractivity contribution in [3.63, 3.8) is 0 Å². The molecule has 0 heterocycles. The first kappa shape index (κ1) is 16.7. The summed E-state index contributed by atoms with van der Waals surface area (Å²) in [6, 6.07) is 1.68. The third kappa shape index (κ3) is 3.20.